The Morgan fingerprint density at radius 1 is 0.880 bits per heavy atom. The number of rotatable bonds is 24. The van der Waals surface area contributed by atoms with Crippen LogP contribution in [0.4, 0.5) is 24.1 Å². The summed E-state index contributed by atoms with van der Waals surface area (Å²) >= 11 is 0. The van der Waals surface area contributed by atoms with Gasteiger partial charge in [0.2, 0.25) is 17.7 Å². The molecule has 2 aliphatic rings. The fourth-order valence-corrected chi connectivity index (χ4v) is 8.95. The maximum Gasteiger partial charge on any atom is 0.407 e. The predicted molar refractivity (Wildman–Crippen MR) is 274 cm³/mol. The summed E-state index contributed by atoms with van der Waals surface area (Å²) in [6, 6.07) is 16.6. The lowest BCUT2D eigenvalue weighted by molar-refractivity contribution is -0.137. The number of imide groups is 1. The smallest absolute Gasteiger partial charge is 0.407 e. The molecule has 0 spiro atoms. The number of alkyl carbamates (subject to hydrolysis) is 1. The standard InChI is InChI=1S/C54H68F2N10O9/c1-35(2)47(60-43(68)17-10-7-11-27-64-45(70)24-25-46(64)71)51(72)58-31-44(69)59-39-21-18-37(19-22-39)34-75-52(73)57-26-13-29-65(53(74)63-28-12-16-40(63)33-67)48(54(3,4)5)50-61-49(41-30-38(55)20-23-42(41)56)62-66(50)32-36-14-8-6-9-15-36/h6,8-9,14-15,18-25,30,35,40,47-48,67H,7,10-13,16-17,26-29,31-34H2,1-5H3,(H,57,73)(H,58,72)(H,59,69)(H,60,68)/t40-,47?,48-/m0/s1. The zero-order valence-corrected chi connectivity index (χ0v) is 43.2. The summed E-state index contributed by atoms with van der Waals surface area (Å²) < 4.78 is 36.8. The number of hydrogen-bond acceptors (Lipinski definition) is 11. The van der Waals surface area contributed by atoms with E-state index in [4.69, 9.17) is 14.8 Å². The van der Waals surface area contributed by atoms with Gasteiger partial charge in [-0.15, -0.1) is 0 Å². The first-order valence-corrected chi connectivity index (χ1v) is 25.3. The number of hydrogen-bond donors (Lipinski definition) is 5. The van der Waals surface area contributed by atoms with E-state index in [0.717, 1.165) is 28.7 Å². The van der Waals surface area contributed by atoms with Gasteiger partial charge >= 0.3 is 12.1 Å². The summed E-state index contributed by atoms with van der Waals surface area (Å²) in [4.78, 5) is 98.8. The summed E-state index contributed by atoms with van der Waals surface area (Å²) in [6.45, 7) is 9.83. The number of halogens is 2. The van der Waals surface area contributed by atoms with Crippen molar-refractivity contribution in [1.29, 1.82) is 0 Å². The lowest BCUT2D eigenvalue weighted by Crippen LogP contribution is -2.51. The molecule has 3 heterocycles. The lowest BCUT2D eigenvalue weighted by Gasteiger charge is -2.42. The third-order valence-corrected chi connectivity index (χ3v) is 12.8. The molecule has 0 bridgehead atoms. The molecule has 2 aliphatic heterocycles. The number of aliphatic hydroxyl groups is 1. The number of amides is 8. The summed E-state index contributed by atoms with van der Waals surface area (Å²) in [6.07, 6.45) is 5.14. The molecular formula is C54H68F2N10O9. The fraction of sp³-hybridized carbons (Fsp3) is 0.463. The second-order valence-electron chi connectivity index (χ2n) is 20.1. The molecule has 3 atom stereocenters. The molecule has 75 heavy (non-hydrogen) atoms. The van der Waals surface area contributed by atoms with Gasteiger partial charge in [0.1, 0.15) is 24.3 Å². The third-order valence-electron chi connectivity index (χ3n) is 12.8. The molecule has 1 fully saturated rings. The van der Waals surface area contributed by atoms with E-state index in [1.165, 1.54) is 12.2 Å². The topological polar surface area (TPSA) is 238 Å². The average molecular weight is 1040 g/mol. The van der Waals surface area contributed by atoms with E-state index in [1.807, 2.05) is 51.1 Å². The fourth-order valence-electron chi connectivity index (χ4n) is 8.95. The van der Waals surface area contributed by atoms with Gasteiger partial charge < -0.3 is 40.9 Å². The van der Waals surface area contributed by atoms with Crippen molar-refractivity contribution < 1.29 is 52.2 Å². The van der Waals surface area contributed by atoms with E-state index < -0.39 is 53.1 Å². The van der Waals surface area contributed by atoms with Gasteiger partial charge in [0.05, 0.1) is 37.3 Å². The van der Waals surface area contributed by atoms with Gasteiger partial charge in [-0.05, 0) is 84.9 Å². The van der Waals surface area contributed by atoms with E-state index in [0.29, 0.717) is 55.7 Å². The molecule has 21 heteroatoms. The normalized spacial score (nSPS) is 15.2. The van der Waals surface area contributed by atoms with Crippen LogP contribution in [-0.2, 0) is 41.9 Å². The molecule has 8 amide bonds. The minimum Gasteiger partial charge on any atom is -0.445 e. The van der Waals surface area contributed by atoms with Crippen LogP contribution in [-0.4, -0.2) is 128 Å². The Morgan fingerprint density at radius 3 is 2.28 bits per heavy atom. The van der Waals surface area contributed by atoms with Gasteiger partial charge in [-0.2, -0.15) is 5.10 Å². The Morgan fingerprint density at radius 2 is 1.60 bits per heavy atom. The molecule has 402 valence electrons. The molecule has 3 aromatic carbocycles. The largest absolute Gasteiger partial charge is 0.445 e. The van der Waals surface area contributed by atoms with Crippen LogP contribution in [0.3, 0.4) is 0 Å². The van der Waals surface area contributed by atoms with E-state index in [-0.39, 0.29) is 99.8 Å². The Hall–Kier alpha value is -7.55. The first kappa shape index (κ1) is 56.7. The van der Waals surface area contributed by atoms with Crippen molar-refractivity contribution >= 4 is 47.3 Å². The molecule has 4 aromatic rings. The number of carbonyl (C=O) groups is 7. The van der Waals surface area contributed by atoms with Gasteiger partial charge in [0, 0.05) is 50.4 Å². The molecule has 5 N–H and O–H groups in total. The highest BCUT2D eigenvalue weighted by molar-refractivity contribution is 6.12. The van der Waals surface area contributed by atoms with Crippen LogP contribution in [0.25, 0.3) is 11.4 Å². The highest BCUT2D eigenvalue weighted by Crippen LogP contribution is 2.40. The van der Waals surface area contributed by atoms with Gasteiger partial charge in [-0.1, -0.05) is 83.5 Å². The lowest BCUT2D eigenvalue weighted by atomic mass is 9.84. The van der Waals surface area contributed by atoms with Gasteiger partial charge in [0.15, 0.2) is 11.6 Å². The van der Waals surface area contributed by atoms with Crippen LogP contribution in [0.2, 0.25) is 0 Å². The number of unbranched alkanes of at least 4 members (excludes halogenated alkanes) is 2. The van der Waals surface area contributed by atoms with Crippen LogP contribution in [0.15, 0.2) is 84.9 Å². The van der Waals surface area contributed by atoms with Gasteiger partial charge in [-0.25, -0.2) is 28.0 Å². The van der Waals surface area contributed by atoms with Crippen LogP contribution in [0, 0.1) is 23.0 Å². The Kier molecular flexibility index (Phi) is 20.1. The zero-order chi connectivity index (χ0) is 54.2. The van der Waals surface area contributed by atoms with Crippen molar-refractivity contribution in [2.24, 2.45) is 11.3 Å². The van der Waals surface area contributed by atoms with E-state index in [2.05, 4.69) is 21.3 Å². The van der Waals surface area contributed by atoms with E-state index in [9.17, 15) is 43.1 Å². The van der Waals surface area contributed by atoms with E-state index >= 15 is 4.39 Å². The highest BCUT2D eigenvalue weighted by atomic mass is 19.1. The van der Waals surface area contributed by atoms with E-state index in [1.54, 1.807) is 52.6 Å². The second kappa shape index (κ2) is 26.6. The number of benzene rings is 3. The molecule has 1 unspecified atom stereocenters. The second-order valence-corrected chi connectivity index (χ2v) is 20.1. The quantitative estimate of drug-likeness (QED) is 0.0389. The number of carbonyl (C=O) groups excluding carboxylic acids is 7. The molecule has 1 saturated heterocycles. The van der Waals surface area contributed by atoms with Crippen LogP contribution >= 0.6 is 0 Å². The van der Waals surface area contributed by atoms with Crippen molar-refractivity contribution in [2.45, 2.75) is 111 Å². The molecule has 19 nitrogen and oxygen atoms in total. The summed E-state index contributed by atoms with van der Waals surface area (Å²) in [5.74, 6) is -3.41. The number of nitrogens with one attached hydrogen (secondary N) is 4. The number of nitrogens with zero attached hydrogens (tertiary/aromatic N) is 6. The maximum absolute atomic E-state index is 15.2. The first-order chi connectivity index (χ1) is 35.8. The Bertz CT molecular complexity index is 2660. The summed E-state index contributed by atoms with van der Waals surface area (Å²) in [5.41, 5.74) is 1.07. The highest BCUT2D eigenvalue weighted by Gasteiger charge is 2.42. The van der Waals surface area contributed by atoms with Crippen LogP contribution < -0.4 is 21.3 Å². The minimum absolute atomic E-state index is 0.0475. The number of likely N-dealkylation sites (tertiary alicyclic amines) is 1. The first-order valence-electron chi connectivity index (χ1n) is 25.3. The average Bonchev–Trinajstić information content (AvgIpc) is 4.11. The molecule has 0 aliphatic carbocycles. The van der Waals surface area contributed by atoms with Crippen molar-refractivity contribution in [3.63, 3.8) is 0 Å². The summed E-state index contributed by atoms with van der Waals surface area (Å²) in [5, 5.41) is 25.7. The Balaban J connectivity index is 1.00. The van der Waals surface area contributed by atoms with Crippen molar-refractivity contribution in [2.75, 3.05) is 44.6 Å². The number of urea groups is 1. The van der Waals surface area contributed by atoms with Crippen LogP contribution in [0.1, 0.15) is 103 Å². The molecule has 0 saturated carbocycles. The van der Waals surface area contributed by atoms with Crippen molar-refractivity contribution in [1.82, 2.24) is 45.4 Å². The van der Waals surface area contributed by atoms with Crippen molar-refractivity contribution in [3.8, 4) is 11.4 Å². The molecule has 6 rings (SSSR count). The van der Waals surface area contributed by atoms with Gasteiger partial charge in [0.25, 0.3) is 11.8 Å². The minimum atomic E-state index is -0.879. The number of anilines is 1. The Labute approximate surface area is 435 Å². The molecule has 0 radical (unpaired) electrons. The third kappa shape index (κ3) is 16.0. The zero-order valence-electron chi connectivity index (χ0n) is 43.2. The number of aliphatic hydroxyl groups excluding tert-OH is 1. The SMILES string of the molecule is CC(C)C(NC(=O)CCCCCN1C(=O)C=CC1=O)C(=O)NCC(=O)Nc1ccc(COC(=O)NCCCN(C(=O)N2CCC[C@H]2CO)[C@@H](c2nc(-c3cc(F)ccc3F)nn2Cc2ccccc2)C(C)(C)C)cc1. The van der Waals surface area contributed by atoms with Crippen molar-refractivity contribution in [3.05, 3.63) is 114 Å². The number of ether oxygens (including phenoxy) is 1. The molecule has 1 aromatic heterocycles. The van der Waals surface area contributed by atoms with Crippen LogP contribution in [0.5, 0.6) is 0 Å². The molecular weight excluding hydrogens is 971 g/mol. The van der Waals surface area contributed by atoms with Gasteiger partial charge in [-0.3, -0.25) is 28.9 Å². The number of aromatic nitrogens is 3. The summed E-state index contributed by atoms with van der Waals surface area (Å²) in [7, 11) is 0. The predicted octanol–water partition coefficient (Wildman–Crippen LogP) is 6.23. The maximum atomic E-state index is 15.2. The monoisotopic (exact) mass is 1040 g/mol.